The first kappa shape index (κ1) is 10.5. The molecule has 0 atom stereocenters. The predicted molar refractivity (Wildman–Crippen MR) is 64.0 cm³/mol. The van der Waals surface area contributed by atoms with Crippen molar-refractivity contribution in [3.63, 3.8) is 0 Å². The van der Waals surface area contributed by atoms with Gasteiger partial charge in [0.1, 0.15) is 0 Å². The molecular weight excluding hydrogens is 202 g/mol. The smallest absolute Gasteiger partial charge is 0.267 e. The highest BCUT2D eigenvalue weighted by Gasteiger charge is 2.08. The predicted octanol–water partition coefficient (Wildman–Crippen LogP) is 1.45. The van der Waals surface area contributed by atoms with E-state index in [0.717, 1.165) is 16.8 Å². The van der Waals surface area contributed by atoms with Crippen LogP contribution < -0.4 is 5.56 Å². The topological polar surface area (TPSA) is 51.9 Å². The fourth-order valence-corrected chi connectivity index (χ4v) is 1.71. The minimum absolute atomic E-state index is 0.0355. The van der Waals surface area contributed by atoms with Gasteiger partial charge in [-0.15, -0.1) is 0 Å². The van der Waals surface area contributed by atoms with Gasteiger partial charge in [0.25, 0.3) is 5.56 Å². The van der Waals surface area contributed by atoms with Crippen molar-refractivity contribution in [1.82, 2.24) is 15.1 Å². The fourth-order valence-electron chi connectivity index (χ4n) is 1.71. The van der Waals surface area contributed by atoms with Gasteiger partial charge in [0.2, 0.25) is 0 Å². The molecule has 4 heteroatoms. The molecule has 0 aliphatic carbocycles. The van der Waals surface area contributed by atoms with Crippen LogP contribution in [0.4, 0.5) is 0 Å². The van der Waals surface area contributed by atoms with E-state index in [4.69, 9.17) is 0 Å². The number of hydrogen-bond donors (Lipinski definition) is 2. The zero-order chi connectivity index (χ0) is 11.5. The quantitative estimate of drug-likeness (QED) is 0.787. The molecule has 0 saturated heterocycles. The number of allylic oxidation sites excluding steroid dienone is 4. The van der Waals surface area contributed by atoms with Crippen LogP contribution in [-0.4, -0.2) is 22.1 Å². The average molecular weight is 217 g/mol. The molecule has 0 radical (unpaired) electrons. The Labute approximate surface area is 94.0 Å². The summed E-state index contributed by atoms with van der Waals surface area (Å²) >= 11 is 0. The summed E-state index contributed by atoms with van der Waals surface area (Å²) in [5.41, 5.74) is 2.78. The minimum Gasteiger partial charge on any atom is -0.357 e. The van der Waals surface area contributed by atoms with Gasteiger partial charge in [-0.3, -0.25) is 9.89 Å². The lowest BCUT2D eigenvalue weighted by atomic mass is 10.1. The first-order valence-corrected chi connectivity index (χ1v) is 5.20. The van der Waals surface area contributed by atoms with E-state index in [0.29, 0.717) is 6.42 Å². The molecule has 0 spiro atoms. The fraction of sp³-hybridized carbons (Fsp3) is 0.250. The number of aromatic amines is 2. The van der Waals surface area contributed by atoms with Crippen molar-refractivity contribution in [3.8, 4) is 0 Å². The van der Waals surface area contributed by atoms with Gasteiger partial charge in [-0.1, -0.05) is 12.2 Å². The molecule has 2 rings (SSSR count). The summed E-state index contributed by atoms with van der Waals surface area (Å²) in [6.07, 6.45) is 10.6. The second kappa shape index (κ2) is 4.26. The van der Waals surface area contributed by atoms with Crippen LogP contribution in [0.3, 0.4) is 0 Å². The van der Waals surface area contributed by atoms with Crippen molar-refractivity contribution < 1.29 is 0 Å². The highest BCUT2D eigenvalue weighted by Crippen LogP contribution is 2.11. The Morgan fingerprint density at radius 1 is 1.31 bits per heavy atom. The summed E-state index contributed by atoms with van der Waals surface area (Å²) in [5, 5.41) is 5.43. The second-order valence-corrected chi connectivity index (χ2v) is 3.93. The largest absolute Gasteiger partial charge is 0.357 e. The van der Waals surface area contributed by atoms with E-state index < -0.39 is 0 Å². The Morgan fingerprint density at radius 2 is 2.12 bits per heavy atom. The molecule has 0 amide bonds. The van der Waals surface area contributed by atoms with Crippen LogP contribution in [0.25, 0.3) is 0 Å². The lowest BCUT2D eigenvalue weighted by Gasteiger charge is -2.08. The second-order valence-electron chi connectivity index (χ2n) is 3.93. The zero-order valence-corrected chi connectivity index (χ0v) is 9.45. The Hall–Kier alpha value is -1.97. The van der Waals surface area contributed by atoms with Gasteiger partial charge in [-0.05, 0) is 18.6 Å². The molecule has 84 valence electrons. The highest BCUT2D eigenvalue weighted by molar-refractivity contribution is 5.32. The van der Waals surface area contributed by atoms with Gasteiger partial charge >= 0.3 is 0 Å². The molecule has 0 saturated carbocycles. The molecule has 1 aliphatic rings. The first-order valence-electron chi connectivity index (χ1n) is 5.20. The Balaban J connectivity index is 2.26. The maximum Gasteiger partial charge on any atom is 0.267 e. The number of hydrogen-bond acceptors (Lipinski definition) is 2. The summed E-state index contributed by atoms with van der Waals surface area (Å²) in [5.74, 6) is 0. The Bertz CT molecular complexity index is 517. The molecule has 0 aromatic carbocycles. The van der Waals surface area contributed by atoms with Crippen LogP contribution in [0.5, 0.6) is 0 Å². The Morgan fingerprint density at radius 3 is 2.81 bits per heavy atom. The van der Waals surface area contributed by atoms with Crippen LogP contribution in [-0.2, 0) is 6.42 Å². The van der Waals surface area contributed by atoms with E-state index in [1.807, 2.05) is 49.5 Å². The SMILES string of the molecule is Cc1[nH][nH]c(=O)c1CC1=CN(C)C=CC=C1. The van der Waals surface area contributed by atoms with E-state index in [9.17, 15) is 4.79 Å². The third kappa shape index (κ3) is 2.16. The van der Waals surface area contributed by atoms with Crippen LogP contribution in [0, 0.1) is 6.92 Å². The number of rotatable bonds is 2. The van der Waals surface area contributed by atoms with Crippen LogP contribution in [0.2, 0.25) is 0 Å². The van der Waals surface area contributed by atoms with Gasteiger partial charge in [-0.25, -0.2) is 0 Å². The van der Waals surface area contributed by atoms with Crippen LogP contribution >= 0.6 is 0 Å². The molecule has 16 heavy (non-hydrogen) atoms. The van der Waals surface area contributed by atoms with Crippen LogP contribution in [0.1, 0.15) is 11.3 Å². The number of aromatic nitrogens is 2. The Kier molecular flexibility index (Phi) is 2.81. The monoisotopic (exact) mass is 217 g/mol. The van der Waals surface area contributed by atoms with Gasteiger partial charge in [-0.2, -0.15) is 0 Å². The normalized spacial score (nSPS) is 15.1. The highest BCUT2D eigenvalue weighted by atomic mass is 16.1. The van der Waals surface area contributed by atoms with Crippen molar-refractivity contribution >= 4 is 0 Å². The number of nitrogens with zero attached hydrogens (tertiary/aromatic N) is 1. The van der Waals surface area contributed by atoms with Crippen molar-refractivity contribution in [2.75, 3.05) is 7.05 Å². The maximum atomic E-state index is 11.5. The van der Waals surface area contributed by atoms with Crippen LogP contribution in [0.15, 0.2) is 41.0 Å². The molecule has 1 aliphatic heterocycles. The summed E-state index contributed by atoms with van der Waals surface area (Å²) in [6.45, 7) is 1.90. The standard InChI is InChI=1S/C12H15N3O/c1-9-11(12(16)14-13-9)7-10-5-3-4-6-15(2)8-10/h3-6,8H,7H2,1-2H3,(H2,13,14,16). The van der Waals surface area contributed by atoms with Gasteiger partial charge in [0.05, 0.1) is 0 Å². The summed E-state index contributed by atoms with van der Waals surface area (Å²) in [4.78, 5) is 13.5. The minimum atomic E-state index is -0.0355. The molecular formula is C12H15N3O. The maximum absolute atomic E-state index is 11.5. The summed E-state index contributed by atoms with van der Waals surface area (Å²) < 4.78 is 0. The van der Waals surface area contributed by atoms with Gasteiger partial charge in [0.15, 0.2) is 0 Å². The molecule has 0 bridgehead atoms. The van der Waals surface area contributed by atoms with E-state index in [1.54, 1.807) is 0 Å². The number of aryl methyl sites for hydroxylation is 1. The molecule has 1 aromatic rings. The van der Waals surface area contributed by atoms with E-state index in [2.05, 4.69) is 10.2 Å². The molecule has 2 heterocycles. The van der Waals surface area contributed by atoms with Crippen molar-refractivity contribution in [3.05, 3.63) is 57.8 Å². The van der Waals surface area contributed by atoms with Crippen molar-refractivity contribution in [1.29, 1.82) is 0 Å². The first-order chi connectivity index (χ1) is 7.66. The van der Waals surface area contributed by atoms with E-state index in [1.165, 1.54) is 0 Å². The lowest BCUT2D eigenvalue weighted by molar-refractivity contribution is 0.621. The molecule has 4 nitrogen and oxygen atoms in total. The van der Waals surface area contributed by atoms with E-state index >= 15 is 0 Å². The summed E-state index contributed by atoms with van der Waals surface area (Å²) in [6, 6.07) is 0. The van der Waals surface area contributed by atoms with Gasteiger partial charge < -0.3 is 10.00 Å². The number of nitrogens with one attached hydrogen (secondary N) is 2. The van der Waals surface area contributed by atoms with Gasteiger partial charge in [0, 0.05) is 37.1 Å². The van der Waals surface area contributed by atoms with E-state index in [-0.39, 0.29) is 5.56 Å². The molecule has 0 unspecified atom stereocenters. The zero-order valence-electron chi connectivity index (χ0n) is 9.45. The molecule has 0 fully saturated rings. The number of H-pyrrole nitrogens is 2. The summed E-state index contributed by atoms with van der Waals surface area (Å²) in [7, 11) is 1.97. The third-order valence-electron chi connectivity index (χ3n) is 2.58. The molecule has 2 N–H and O–H groups in total. The van der Waals surface area contributed by atoms with Crippen molar-refractivity contribution in [2.45, 2.75) is 13.3 Å². The lowest BCUT2D eigenvalue weighted by Crippen LogP contribution is -2.08. The average Bonchev–Trinajstić information content (AvgIpc) is 2.47. The third-order valence-corrected chi connectivity index (χ3v) is 2.58. The molecule has 1 aromatic heterocycles. The van der Waals surface area contributed by atoms with Crippen molar-refractivity contribution in [2.24, 2.45) is 0 Å².